The van der Waals surface area contributed by atoms with Gasteiger partial charge >= 0.3 is 0 Å². The smallest absolute Gasteiger partial charge is 0.0345 e. The average molecular weight is 182 g/mol. The lowest BCUT2D eigenvalue weighted by atomic mass is 9.91. The lowest BCUT2D eigenvalue weighted by Crippen LogP contribution is -2.58. The number of nitrogens with zero attached hydrogens (tertiary/aromatic N) is 1. The Labute approximate surface area is 81.7 Å². The summed E-state index contributed by atoms with van der Waals surface area (Å²) in [6, 6.07) is 1.67. The number of hydrogen-bond acceptors (Lipinski definition) is 2. The first-order valence-electron chi connectivity index (χ1n) is 5.51. The maximum absolute atomic E-state index is 3.34. The number of rotatable bonds is 2. The van der Waals surface area contributed by atoms with Crippen molar-refractivity contribution in [2.45, 2.75) is 45.2 Å². The van der Waals surface area contributed by atoms with Gasteiger partial charge in [0.2, 0.25) is 0 Å². The zero-order valence-electron chi connectivity index (χ0n) is 9.14. The van der Waals surface area contributed by atoms with Gasteiger partial charge in [-0.3, -0.25) is 4.90 Å². The molecule has 1 unspecified atom stereocenters. The number of likely N-dealkylation sites (N-methyl/N-ethyl adjacent to an activating group) is 1. The highest BCUT2D eigenvalue weighted by Gasteiger charge is 2.36. The van der Waals surface area contributed by atoms with Gasteiger partial charge in [-0.2, -0.15) is 0 Å². The third-order valence-electron chi connectivity index (χ3n) is 3.85. The van der Waals surface area contributed by atoms with Crippen LogP contribution in [-0.4, -0.2) is 37.1 Å². The summed E-state index contributed by atoms with van der Waals surface area (Å²) in [5.74, 6) is 0. The Morgan fingerprint density at radius 2 is 1.92 bits per heavy atom. The summed E-state index contributed by atoms with van der Waals surface area (Å²) in [6.07, 6.45) is 4.20. The zero-order valence-corrected chi connectivity index (χ0v) is 9.14. The monoisotopic (exact) mass is 182 g/mol. The molecule has 1 N–H and O–H groups in total. The molecule has 13 heavy (non-hydrogen) atoms. The molecule has 0 radical (unpaired) electrons. The summed E-state index contributed by atoms with van der Waals surface area (Å²) < 4.78 is 0. The van der Waals surface area contributed by atoms with E-state index < -0.39 is 0 Å². The second-order valence-electron chi connectivity index (χ2n) is 5.54. The van der Waals surface area contributed by atoms with Crippen molar-refractivity contribution in [2.24, 2.45) is 5.41 Å². The highest BCUT2D eigenvalue weighted by atomic mass is 15.2. The molecule has 1 atom stereocenters. The minimum absolute atomic E-state index is 0.593. The van der Waals surface area contributed by atoms with Crippen molar-refractivity contribution >= 4 is 0 Å². The minimum Gasteiger partial charge on any atom is -0.314 e. The third-order valence-corrected chi connectivity index (χ3v) is 3.85. The average Bonchev–Trinajstić information content (AvgIpc) is 2.26. The molecule has 1 heterocycles. The summed E-state index contributed by atoms with van der Waals surface area (Å²) in [6.45, 7) is 7.21. The van der Waals surface area contributed by atoms with Crippen molar-refractivity contribution in [3.63, 3.8) is 0 Å². The molecule has 2 rings (SSSR count). The first-order valence-corrected chi connectivity index (χ1v) is 5.51. The molecule has 1 saturated carbocycles. The standard InChI is InChI=1S/C11H22N2/c1-11(2)5-4-9(6-11)13(3)10-7-12-8-10/h9-10,12H,4-8H2,1-3H3. The molecule has 0 bridgehead atoms. The molecule has 0 aromatic rings. The van der Waals surface area contributed by atoms with Gasteiger partial charge in [-0.1, -0.05) is 13.8 Å². The highest BCUT2D eigenvalue weighted by Crippen LogP contribution is 2.39. The van der Waals surface area contributed by atoms with Gasteiger partial charge in [-0.25, -0.2) is 0 Å². The van der Waals surface area contributed by atoms with Crippen LogP contribution in [0.1, 0.15) is 33.1 Å². The molecular weight excluding hydrogens is 160 g/mol. The first-order chi connectivity index (χ1) is 6.08. The Kier molecular flexibility index (Phi) is 2.37. The van der Waals surface area contributed by atoms with Gasteiger partial charge in [0.25, 0.3) is 0 Å². The molecule has 0 aromatic heterocycles. The van der Waals surface area contributed by atoms with Gasteiger partial charge < -0.3 is 5.32 Å². The maximum Gasteiger partial charge on any atom is 0.0345 e. The molecule has 0 amide bonds. The van der Waals surface area contributed by atoms with Crippen molar-refractivity contribution in [3.8, 4) is 0 Å². The third kappa shape index (κ3) is 1.89. The predicted molar refractivity (Wildman–Crippen MR) is 55.8 cm³/mol. The summed E-state index contributed by atoms with van der Waals surface area (Å²) in [7, 11) is 2.30. The minimum atomic E-state index is 0.593. The van der Waals surface area contributed by atoms with Crippen molar-refractivity contribution in [1.82, 2.24) is 10.2 Å². The van der Waals surface area contributed by atoms with E-state index in [1.165, 1.54) is 32.4 Å². The highest BCUT2D eigenvalue weighted by molar-refractivity contribution is 4.92. The maximum atomic E-state index is 3.34. The Morgan fingerprint density at radius 1 is 1.23 bits per heavy atom. The SMILES string of the molecule is CN(C1CNC1)C1CCC(C)(C)C1. The summed E-state index contributed by atoms with van der Waals surface area (Å²) in [5.41, 5.74) is 0.593. The Bertz CT molecular complexity index is 185. The molecule has 1 aliphatic carbocycles. The summed E-state index contributed by atoms with van der Waals surface area (Å²) in [5, 5.41) is 3.34. The fourth-order valence-corrected chi connectivity index (χ4v) is 2.61. The van der Waals surface area contributed by atoms with Gasteiger partial charge in [0.1, 0.15) is 0 Å². The van der Waals surface area contributed by atoms with E-state index in [4.69, 9.17) is 0 Å². The normalized spacial score (nSPS) is 33.7. The fourth-order valence-electron chi connectivity index (χ4n) is 2.61. The van der Waals surface area contributed by atoms with Crippen LogP contribution >= 0.6 is 0 Å². The van der Waals surface area contributed by atoms with Crippen LogP contribution in [-0.2, 0) is 0 Å². The van der Waals surface area contributed by atoms with Gasteiger partial charge in [-0.05, 0) is 31.7 Å². The predicted octanol–water partition coefficient (Wildman–Crippen LogP) is 1.47. The molecule has 0 spiro atoms. The van der Waals surface area contributed by atoms with E-state index in [1.807, 2.05) is 0 Å². The quantitative estimate of drug-likeness (QED) is 0.695. The molecule has 2 fully saturated rings. The Hall–Kier alpha value is -0.0800. The fraction of sp³-hybridized carbons (Fsp3) is 1.00. The topological polar surface area (TPSA) is 15.3 Å². The van der Waals surface area contributed by atoms with Gasteiger partial charge in [0, 0.05) is 25.2 Å². The lowest BCUT2D eigenvalue weighted by molar-refractivity contribution is 0.123. The molecule has 1 saturated heterocycles. The van der Waals surface area contributed by atoms with Gasteiger partial charge in [0.15, 0.2) is 0 Å². The van der Waals surface area contributed by atoms with Crippen molar-refractivity contribution < 1.29 is 0 Å². The van der Waals surface area contributed by atoms with Crippen LogP contribution in [0.3, 0.4) is 0 Å². The van der Waals surface area contributed by atoms with E-state index in [0.29, 0.717) is 5.41 Å². The molecule has 2 aliphatic rings. The molecule has 1 aliphatic heterocycles. The van der Waals surface area contributed by atoms with Gasteiger partial charge in [0.05, 0.1) is 0 Å². The van der Waals surface area contributed by atoms with Crippen LogP contribution in [0.4, 0.5) is 0 Å². The first kappa shape index (κ1) is 9.47. The van der Waals surface area contributed by atoms with E-state index in [0.717, 1.165) is 12.1 Å². The van der Waals surface area contributed by atoms with Crippen molar-refractivity contribution in [3.05, 3.63) is 0 Å². The largest absolute Gasteiger partial charge is 0.314 e. The van der Waals surface area contributed by atoms with Crippen molar-refractivity contribution in [2.75, 3.05) is 20.1 Å². The van der Waals surface area contributed by atoms with E-state index in [9.17, 15) is 0 Å². The molecule has 76 valence electrons. The summed E-state index contributed by atoms with van der Waals surface area (Å²) in [4.78, 5) is 2.60. The van der Waals surface area contributed by atoms with Crippen LogP contribution in [0.15, 0.2) is 0 Å². The zero-order chi connectivity index (χ0) is 9.47. The molecular formula is C11H22N2. The van der Waals surface area contributed by atoms with E-state index in [1.54, 1.807) is 0 Å². The van der Waals surface area contributed by atoms with Crippen LogP contribution < -0.4 is 5.32 Å². The molecule has 0 aromatic carbocycles. The van der Waals surface area contributed by atoms with E-state index >= 15 is 0 Å². The second-order valence-corrected chi connectivity index (χ2v) is 5.54. The summed E-state index contributed by atoms with van der Waals surface area (Å²) >= 11 is 0. The van der Waals surface area contributed by atoms with E-state index in [-0.39, 0.29) is 0 Å². The van der Waals surface area contributed by atoms with Crippen LogP contribution in [0.5, 0.6) is 0 Å². The Morgan fingerprint density at radius 3 is 2.31 bits per heavy atom. The second kappa shape index (κ2) is 3.25. The lowest BCUT2D eigenvalue weighted by Gasteiger charge is -2.39. The van der Waals surface area contributed by atoms with Crippen LogP contribution in [0.2, 0.25) is 0 Å². The van der Waals surface area contributed by atoms with Crippen molar-refractivity contribution in [1.29, 1.82) is 0 Å². The van der Waals surface area contributed by atoms with Gasteiger partial charge in [-0.15, -0.1) is 0 Å². The number of nitrogens with one attached hydrogen (secondary N) is 1. The van der Waals surface area contributed by atoms with Crippen LogP contribution in [0, 0.1) is 5.41 Å². The van der Waals surface area contributed by atoms with E-state index in [2.05, 4.69) is 31.1 Å². The Balaban J connectivity index is 1.87. The molecule has 2 heteroatoms. The number of hydrogen-bond donors (Lipinski definition) is 1. The molecule has 2 nitrogen and oxygen atoms in total. The van der Waals surface area contributed by atoms with Crippen LogP contribution in [0.25, 0.3) is 0 Å².